The first kappa shape index (κ1) is 12.9. The molecular formula is C14H13FN2O2. The SMILES string of the molecule is N/C(=N\O)c1ccc(COc2ccccc2)c(F)c1. The number of ether oxygens (including phenoxy) is 1. The Labute approximate surface area is 109 Å². The average Bonchev–Trinajstić information content (AvgIpc) is 2.46. The Morgan fingerprint density at radius 2 is 1.95 bits per heavy atom. The maximum atomic E-state index is 13.8. The van der Waals surface area contributed by atoms with E-state index in [1.54, 1.807) is 24.3 Å². The third kappa shape index (κ3) is 3.22. The number of amidine groups is 1. The third-order valence-corrected chi connectivity index (χ3v) is 2.59. The van der Waals surface area contributed by atoms with Gasteiger partial charge in [0.2, 0.25) is 0 Å². The van der Waals surface area contributed by atoms with Crippen LogP contribution in [-0.4, -0.2) is 11.0 Å². The second-order valence-electron chi connectivity index (χ2n) is 3.89. The second-order valence-corrected chi connectivity index (χ2v) is 3.89. The van der Waals surface area contributed by atoms with E-state index in [2.05, 4.69) is 5.16 Å². The minimum absolute atomic E-state index is 0.117. The molecule has 0 heterocycles. The first-order chi connectivity index (χ1) is 9.20. The number of oxime groups is 1. The summed E-state index contributed by atoms with van der Waals surface area (Å²) < 4.78 is 19.2. The van der Waals surface area contributed by atoms with Crippen LogP contribution in [0, 0.1) is 5.82 Å². The molecule has 0 aliphatic carbocycles. The van der Waals surface area contributed by atoms with Gasteiger partial charge in [0.05, 0.1) is 0 Å². The molecule has 5 heteroatoms. The Morgan fingerprint density at radius 3 is 2.58 bits per heavy atom. The highest BCUT2D eigenvalue weighted by atomic mass is 19.1. The number of halogens is 1. The summed E-state index contributed by atoms with van der Waals surface area (Å²) in [6, 6.07) is 13.5. The third-order valence-electron chi connectivity index (χ3n) is 2.59. The average molecular weight is 260 g/mol. The van der Waals surface area contributed by atoms with Gasteiger partial charge in [-0.15, -0.1) is 0 Å². The van der Waals surface area contributed by atoms with Gasteiger partial charge < -0.3 is 15.7 Å². The van der Waals surface area contributed by atoms with Gasteiger partial charge in [0.1, 0.15) is 18.2 Å². The molecule has 3 N–H and O–H groups in total. The highest BCUT2D eigenvalue weighted by Gasteiger charge is 2.07. The number of rotatable bonds is 4. The second kappa shape index (κ2) is 5.86. The summed E-state index contributed by atoms with van der Waals surface area (Å²) in [6.07, 6.45) is 0. The van der Waals surface area contributed by atoms with E-state index >= 15 is 0 Å². The molecular weight excluding hydrogens is 247 g/mol. The van der Waals surface area contributed by atoms with Crippen molar-refractivity contribution in [1.29, 1.82) is 0 Å². The van der Waals surface area contributed by atoms with Crippen LogP contribution in [0.15, 0.2) is 53.7 Å². The molecule has 0 aromatic heterocycles. The van der Waals surface area contributed by atoms with Gasteiger partial charge in [0.25, 0.3) is 0 Å². The molecule has 0 atom stereocenters. The van der Waals surface area contributed by atoms with Crippen molar-refractivity contribution < 1.29 is 14.3 Å². The lowest BCUT2D eigenvalue weighted by atomic mass is 10.1. The zero-order chi connectivity index (χ0) is 13.7. The molecule has 19 heavy (non-hydrogen) atoms. The van der Waals surface area contributed by atoms with Crippen LogP contribution in [-0.2, 0) is 6.61 Å². The van der Waals surface area contributed by atoms with E-state index in [0.717, 1.165) is 0 Å². The van der Waals surface area contributed by atoms with Gasteiger partial charge in [0.15, 0.2) is 5.84 Å². The zero-order valence-corrected chi connectivity index (χ0v) is 10.1. The number of para-hydroxylation sites is 1. The van der Waals surface area contributed by atoms with E-state index in [1.807, 2.05) is 18.2 Å². The monoisotopic (exact) mass is 260 g/mol. The Balaban J connectivity index is 2.10. The van der Waals surface area contributed by atoms with Crippen molar-refractivity contribution in [3.8, 4) is 5.75 Å². The van der Waals surface area contributed by atoms with Gasteiger partial charge >= 0.3 is 0 Å². The summed E-state index contributed by atoms with van der Waals surface area (Å²) in [7, 11) is 0. The van der Waals surface area contributed by atoms with Crippen LogP contribution in [0.2, 0.25) is 0 Å². The van der Waals surface area contributed by atoms with Crippen LogP contribution in [0.3, 0.4) is 0 Å². The zero-order valence-electron chi connectivity index (χ0n) is 10.1. The molecule has 0 saturated carbocycles. The number of hydrogen-bond donors (Lipinski definition) is 2. The Morgan fingerprint density at radius 1 is 1.21 bits per heavy atom. The molecule has 4 nitrogen and oxygen atoms in total. The number of benzene rings is 2. The van der Waals surface area contributed by atoms with Crippen molar-refractivity contribution in [3.63, 3.8) is 0 Å². The molecule has 98 valence electrons. The summed E-state index contributed by atoms with van der Waals surface area (Å²) in [5.41, 5.74) is 6.10. The summed E-state index contributed by atoms with van der Waals surface area (Å²) in [6.45, 7) is 0.117. The van der Waals surface area contributed by atoms with Crippen molar-refractivity contribution in [2.45, 2.75) is 6.61 Å². The van der Waals surface area contributed by atoms with Crippen LogP contribution in [0.4, 0.5) is 4.39 Å². The maximum Gasteiger partial charge on any atom is 0.170 e. The minimum atomic E-state index is -0.458. The van der Waals surface area contributed by atoms with Crippen LogP contribution < -0.4 is 10.5 Å². The largest absolute Gasteiger partial charge is 0.489 e. The van der Waals surface area contributed by atoms with Crippen molar-refractivity contribution in [2.24, 2.45) is 10.9 Å². The van der Waals surface area contributed by atoms with Gasteiger partial charge in [-0.25, -0.2) is 4.39 Å². The molecule has 0 saturated heterocycles. The van der Waals surface area contributed by atoms with E-state index in [-0.39, 0.29) is 12.4 Å². The van der Waals surface area contributed by atoms with Crippen LogP contribution >= 0.6 is 0 Å². The maximum absolute atomic E-state index is 13.8. The van der Waals surface area contributed by atoms with E-state index in [1.165, 1.54) is 6.07 Å². The topological polar surface area (TPSA) is 67.8 Å². The first-order valence-corrected chi connectivity index (χ1v) is 5.65. The standard InChI is InChI=1S/C14H13FN2O2/c15-13-8-10(14(16)17-18)6-7-11(13)9-19-12-4-2-1-3-5-12/h1-8,18H,9H2,(H2,16,17). The molecule has 0 aliphatic heterocycles. The lowest BCUT2D eigenvalue weighted by Crippen LogP contribution is -2.13. The quantitative estimate of drug-likeness (QED) is 0.384. The highest BCUT2D eigenvalue weighted by molar-refractivity contribution is 5.97. The fraction of sp³-hybridized carbons (Fsp3) is 0.0714. The van der Waals surface area contributed by atoms with Gasteiger partial charge in [0, 0.05) is 11.1 Å². The molecule has 0 spiro atoms. The molecule has 2 rings (SSSR count). The summed E-state index contributed by atoms with van der Waals surface area (Å²) in [4.78, 5) is 0. The molecule has 2 aromatic rings. The van der Waals surface area contributed by atoms with E-state index < -0.39 is 5.82 Å². The van der Waals surface area contributed by atoms with Crippen molar-refractivity contribution in [3.05, 3.63) is 65.5 Å². The van der Waals surface area contributed by atoms with E-state index in [4.69, 9.17) is 15.7 Å². The lowest BCUT2D eigenvalue weighted by molar-refractivity contribution is 0.300. The van der Waals surface area contributed by atoms with Crippen LogP contribution in [0.5, 0.6) is 5.75 Å². The molecule has 2 aromatic carbocycles. The first-order valence-electron chi connectivity index (χ1n) is 5.65. The van der Waals surface area contributed by atoms with Crippen LogP contribution in [0.1, 0.15) is 11.1 Å². The predicted octanol–water partition coefficient (Wildman–Crippen LogP) is 2.50. The molecule has 0 amide bonds. The van der Waals surface area contributed by atoms with Gasteiger partial charge in [-0.1, -0.05) is 35.5 Å². The minimum Gasteiger partial charge on any atom is -0.489 e. The highest BCUT2D eigenvalue weighted by Crippen LogP contribution is 2.15. The van der Waals surface area contributed by atoms with Gasteiger partial charge in [-0.05, 0) is 18.2 Å². The molecule has 0 fully saturated rings. The Bertz CT molecular complexity index is 585. The molecule has 0 aliphatic rings. The van der Waals surface area contributed by atoms with Crippen molar-refractivity contribution in [2.75, 3.05) is 0 Å². The molecule has 0 bridgehead atoms. The molecule has 0 radical (unpaired) electrons. The summed E-state index contributed by atoms with van der Waals surface area (Å²) >= 11 is 0. The Kier molecular flexibility index (Phi) is 3.97. The predicted molar refractivity (Wildman–Crippen MR) is 69.7 cm³/mol. The normalized spacial score (nSPS) is 11.3. The fourth-order valence-electron chi connectivity index (χ4n) is 1.56. The molecule has 0 unspecified atom stereocenters. The van der Waals surface area contributed by atoms with E-state index in [9.17, 15) is 4.39 Å². The van der Waals surface area contributed by atoms with Gasteiger partial charge in [-0.3, -0.25) is 0 Å². The van der Waals surface area contributed by atoms with Crippen molar-refractivity contribution >= 4 is 5.84 Å². The van der Waals surface area contributed by atoms with E-state index in [0.29, 0.717) is 16.9 Å². The Hall–Kier alpha value is -2.56. The summed E-state index contributed by atoms with van der Waals surface area (Å²) in [5.74, 6) is 0.0804. The number of hydrogen-bond acceptors (Lipinski definition) is 3. The fourth-order valence-corrected chi connectivity index (χ4v) is 1.56. The van der Waals surface area contributed by atoms with Crippen LogP contribution in [0.25, 0.3) is 0 Å². The summed E-state index contributed by atoms with van der Waals surface area (Å²) in [5, 5.41) is 11.3. The number of nitrogens with two attached hydrogens (primary N) is 1. The van der Waals surface area contributed by atoms with Crippen molar-refractivity contribution in [1.82, 2.24) is 0 Å². The number of nitrogens with zero attached hydrogens (tertiary/aromatic N) is 1. The lowest BCUT2D eigenvalue weighted by Gasteiger charge is -2.08. The van der Waals surface area contributed by atoms with Gasteiger partial charge in [-0.2, -0.15) is 0 Å². The smallest absolute Gasteiger partial charge is 0.170 e.